The van der Waals surface area contributed by atoms with Gasteiger partial charge in [0.15, 0.2) is 0 Å². The molecular weight excluding hydrogens is 474 g/mol. The van der Waals surface area contributed by atoms with Crippen molar-refractivity contribution < 1.29 is 8.78 Å². The number of nitrogens with zero attached hydrogens (tertiary/aromatic N) is 7. The number of aromatic amines is 1. The van der Waals surface area contributed by atoms with Crippen LogP contribution in [0.4, 0.5) is 14.5 Å². The normalized spacial score (nSPS) is 16.5. The summed E-state index contributed by atoms with van der Waals surface area (Å²) in [5.41, 5.74) is 3.70. The van der Waals surface area contributed by atoms with E-state index in [-0.39, 0.29) is 11.6 Å². The van der Waals surface area contributed by atoms with E-state index >= 15 is 8.78 Å². The minimum Gasteiger partial charge on any atom is -0.368 e. The predicted molar refractivity (Wildman–Crippen MR) is 138 cm³/mol. The highest BCUT2D eigenvalue weighted by Gasteiger charge is 2.29. The van der Waals surface area contributed by atoms with Gasteiger partial charge in [-0.25, -0.2) is 8.78 Å². The molecule has 0 saturated carbocycles. The first kappa shape index (κ1) is 24.9. The van der Waals surface area contributed by atoms with Crippen molar-refractivity contribution in [1.82, 2.24) is 35.7 Å². The summed E-state index contributed by atoms with van der Waals surface area (Å²) in [6, 6.07) is 12.0. The molecule has 0 unspecified atom stereocenters. The van der Waals surface area contributed by atoms with Crippen LogP contribution in [0.3, 0.4) is 0 Å². The van der Waals surface area contributed by atoms with Crippen LogP contribution in [0.5, 0.6) is 0 Å². The number of anilines is 1. The van der Waals surface area contributed by atoms with Crippen LogP contribution in [0.15, 0.2) is 48.7 Å². The molecule has 5 rings (SSSR count). The van der Waals surface area contributed by atoms with Crippen LogP contribution in [0.25, 0.3) is 22.5 Å². The standard InChI is InChI=1S/C27H30F2N8/c1-17(2)12-19-13-21(25-22(28)7-4-8-23(25)29)26(27-32-34-35-33-27)24(14-19)37-11-10-36(18(3)15-37)16-20-6-5-9-30-31-20/h4-9,13-14,17-18H,10-12,15-16H2,1-3H3,(H,32,33,34,35)/t18-/m0/s1. The molecule has 0 bridgehead atoms. The Kier molecular flexibility index (Phi) is 7.18. The Morgan fingerprint density at radius 3 is 2.49 bits per heavy atom. The molecule has 10 heteroatoms. The summed E-state index contributed by atoms with van der Waals surface area (Å²) in [4.78, 5) is 4.62. The molecule has 1 aliphatic rings. The molecule has 1 aliphatic heterocycles. The van der Waals surface area contributed by atoms with E-state index in [4.69, 9.17) is 0 Å². The number of hydrogen-bond donors (Lipinski definition) is 1. The minimum absolute atomic E-state index is 0.0801. The number of tetrazole rings is 1. The van der Waals surface area contributed by atoms with Crippen molar-refractivity contribution in [3.63, 3.8) is 0 Å². The molecule has 2 aromatic carbocycles. The van der Waals surface area contributed by atoms with Crippen LogP contribution in [0.1, 0.15) is 32.0 Å². The minimum atomic E-state index is -0.625. The zero-order valence-electron chi connectivity index (χ0n) is 21.2. The van der Waals surface area contributed by atoms with Gasteiger partial charge < -0.3 is 4.90 Å². The molecule has 0 aliphatic carbocycles. The lowest BCUT2D eigenvalue weighted by Crippen LogP contribution is -2.51. The zero-order chi connectivity index (χ0) is 25.9. The number of benzene rings is 2. The molecule has 8 nitrogen and oxygen atoms in total. The fourth-order valence-corrected chi connectivity index (χ4v) is 5.05. The first-order valence-electron chi connectivity index (χ1n) is 12.5. The molecule has 0 radical (unpaired) electrons. The first-order valence-corrected chi connectivity index (χ1v) is 12.5. The summed E-state index contributed by atoms with van der Waals surface area (Å²) in [6.07, 6.45) is 2.44. The molecule has 0 spiro atoms. The van der Waals surface area contributed by atoms with Gasteiger partial charge in [0.1, 0.15) is 11.6 Å². The molecule has 37 heavy (non-hydrogen) atoms. The van der Waals surface area contributed by atoms with Gasteiger partial charge in [-0.2, -0.15) is 15.4 Å². The predicted octanol–water partition coefficient (Wildman–Crippen LogP) is 4.51. The molecule has 1 saturated heterocycles. The first-order chi connectivity index (χ1) is 17.9. The third-order valence-corrected chi connectivity index (χ3v) is 6.72. The van der Waals surface area contributed by atoms with E-state index < -0.39 is 11.6 Å². The number of halogens is 2. The van der Waals surface area contributed by atoms with Crippen LogP contribution < -0.4 is 4.90 Å². The summed E-state index contributed by atoms with van der Waals surface area (Å²) >= 11 is 0. The van der Waals surface area contributed by atoms with E-state index in [9.17, 15) is 0 Å². The third kappa shape index (κ3) is 5.34. The number of piperazine rings is 1. The highest BCUT2D eigenvalue weighted by Crippen LogP contribution is 2.42. The lowest BCUT2D eigenvalue weighted by atomic mass is 9.90. The second-order valence-electron chi connectivity index (χ2n) is 9.95. The fourth-order valence-electron chi connectivity index (χ4n) is 5.05. The van der Waals surface area contributed by atoms with Gasteiger partial charge in [0.05, 0.1) is 16.8 Å². The van der Waals surface area contributed by atoms with E-state index in [1.807, 2.05) is 18.2 Å². The van der Waals surface area contributed by atoms with Gasteiger partial charge in [-0.3, -0.25) is 4.90 Å². The van der Waals surface area contributed by atoms with Crippen LogP contribution in [0.2, 0.25) is 0 Å². The number of rotatable bonds is 7. The molecule has 192 valence electrons. The SMILES string of the molecule is CC(C)Cc1cc(-c2c(F)cccc2F)c(-c2nn[nH]n2)c(N2CCN(Cc3cccnn3)[C@@H](C)C2)c1. The fraction of sp³-hybridized carbons (Fsp3) is 0.370. The average molecular weight is 505 g/mol. The van der Waals surface area contributed by atoms with Crippen molar-refractivity contribution in [2.45, 2.75) is 39.8 Å². The summed E-state index contributed by atoms with van der Waals surface area (Å²) in [5, 5.41) is 22.9. The van der Waals surface area contributed by atoms with Gasteiger partial charge >= 0.3 is 0 Å². The molecule has 2 aromatic heterocycles. The molecule has 3 heterocycles. The van der Waals surface area contributed by atoms with Crippen molar-refractivity contribution in [3.8, 4) is 22.5 Å². The van der Waals surface area contributed by atoms with Crippen molar-refractivity contribution in [2.24, 2.45) is 5.92 Å². The number of aromatic nitrogens is 6. The molecule has 4 aromatic rings. The Morgan fingerprint density at radius 2 is 1.84 bits per heavy atom. The second-order valence-corrected chi connectivity index (χ2v) is 9.95. The highest BCUT2D eigenvalue weighted by atomic mass is 19.1. The maximum absolute atomic E-state index is 15.1. The zero-order valence-corrected chi connectivity index (χ0v) is 21.2. The van der Waals surface area contributed by atoms with Crippen LogP contribution >= 0.6 is 0 Å². The van der Waals surface area contributed by atoms with E-state index in [1.54, 1.807) is 6.20 Å². The van der Waals surface area contributed by atoms with Gasteiger partial charge in [-0.15, -0.1) is 10.2 Å². The Hall–Kier alpha value is -3.79. The van der Waals surface area contributed by atoms with Gasteiger partial charge in [-0.05, 0) is 60.4 Å². The Morgan fingerprint density at radius 1 is 1.03 bits per heavy atom. The lowest BCUT2D eigenvalue weighted by molar-refractivity contribution is 0.178. The van der Waals surface area contributed by atoms with Gasteiger partial charge in [0.25, 0.3) is 0 Å². The lowest BCUT2D eigenvalue weighted by Gasteiger charge is -2.41. The molecule has 1 fully saturated rings. The maximum Gasteiger partial charge on any atom is 0.207 e. The van der Waals surface area contributed by atoms with E-state index in [2.05, 4.69) is 67.5 Å². The second kappa shape index (κ2) is 10.7. The largest absolute Gasteiger partial charge is 0.368 e. The number of nitrogens with one attached hydrogen (secondary N) is 1. The summed E-state index contributed by atoms with van der Waals surface area (Å²) < 4.78 is 30.2. The quantitative estimate of drug-likeness (QED) is 0.396. The Balaban J connectivity index is 1.59. The molecule has 0 amide bonds. The van der Waals surface area contributed by atoms with Crippen molar-refractivity contribution in [1.29, 1.82) is 0 Å². The summed E-state index contributed by atoms with van der Waals surface area (Å²) in [7, 11) is 0. The molecule has 1 atom stereocenters. The van der Waals surface area contributed by atoms with Crippen LogP contribution in [0, 0.1) is 17.6 Å². The van der Waals surface area contributed by atoms with Crippen LogP contribution in [-0.2, 0) is 13.0 Å². The van der Waals surface area contributed by atoms with Crippen molar-refractivity contribution in [2.75, 3.05) is 24.5 Å². The number of hydrogen-bond acceptors (Lipinski definition) is 7. The molecule has 1 N–H and O–H groups in total. The van der Waals surface area contributed by atoms with E-state index in [0.29, 0.717) is 29.4 Å². The van der Waals surface area contributed by atoms with Gasteiger partial charge in [-0.1, -0.05) is 26.0 Å². The average Bonchev–Trinajstić information content (AvgIpc) is 3.40. The smallest absolute Gasteiger partial charge is 0.207 e. The highest BCUT2D eigenvalue weighted by molar-refractivity contribution is 5.91. The summed E-state index contributed by atoms with van der Waals surface area (Å²) in [5.74, 6) is -0.581. The maximum atomic E-state index is 15.1. The van der Waals surface area contributed by atoms with Crippen LogP contribution in [-0.4, -0.2) is 61.4 Å². The van der Waals surface area contributed by atoms with Gasteiger partial charge in [0, 0.05) is 49.7 Å². The van der Waals surface area contributed by atoms with Crippen molar-refractivity contribution in [3.05, 3.63) is 71.6 Å². The van der Waals surface area contributed by atoms with Crippen molar-refractivity contribution >= 4 is 5.69 Å². The summed E-state index contributed by atoms with van der Waals surface area (Å²) in [6.45, 7) is 9.37. The Bertz CT molecular complexity index is 1320. The Labute approximate surface area is 214 Å². The monoisotopic (exact) mass is 504 g/mol. The molecular formula is C27H30F2N8. The van der Waals surface area contributed by atoms with Gasteiger partial charge in [0.2, 0.25) is 5.82 Å². The number of H-pyrrole nitrogens is 1. The topological polar surface area (TPSA) is 86.7 Å². The third-order valence-electron chi connectivity index (χ3n) is 6.72. The van der Waals surface area contributed by atoms with E-state index in [0.717, 1.165) is 43.0 Å². The van der Waals surface area contributed by atoms with E-state index in [1.165, 1.54) is 18.2 Å².